The molecule has 0 fully saturated rings. The number of ether oxygens (including phenoxy) is 1. The number of nitrogens with zero attached hydrogens (tertiary/aromatic N) is 2. The van der Waals surface area contributed by atoms with Crippen LogP contribution in [0.4, 0.5) is 4.39 Å². The van der Waals surface area contributed by atoms with Crippen LogP contribution in [-0.2, 0) is 6.42 Å². The molecule has 0 aliphatic carbocycles. The first-order valence-electron chi connectivity index (χ1n) is 6.98. The summed E-state index contributed by atoms with van der Waals surface area (Å²) in [6.45, 7) is 4.81. The summed E-state index contributed by atoms with van der Waals surface area (Å²) >= 11 is 0. The van der Waals surface area contributed by atoms with Gasteiger partial charge in [0.05, 0.1) is 7.11 Å². The maximum absolute atomic E-state index is 13.5. The van der Waals surface area contributed by atoms with E-state index in [2.05, 4.69) is 15.3 Å². The van der Waals surface area contributed by atoms with E-state index in [1.54, 1.807) is 25.3 Å². The molecule has 0 radical (unpaired) electrons. The minimum atomic E-state index is -0.223. The van der Waals surface area contributed by atoms with Gasteiger partial charge < -0.3 is 10.1 Å². The number of hydrogen-bond acceptors (Lipinski definition) is 4. The summed E-state index contributed by atoms with van der Waals surface area (Å²) in [5.41, 5.74) is 2.87. The van der Waals surface area contributed by atoms with Gasteiger partial charge in [0.25, 0.3) is 0 Å². The third kappa shape index (κ3) is 3.98. The average Bonchev–Trinajstić information content (AvgIpc) is 2.49. The number of benzene rings is 1. The fourth-order valence-corrected chi connectivity index (χ4v) is 2.33. The predicted molar refractivity (Wildman–Crippen MR) is 79.8 cm³/mol. The van der Waals surface area contributed by atoms with E-state index >= 15 is 0 Å². The van der Waals surface area contributed by atoms with Crippen molar-refractivity contribution < 1.29 is 9.13 Å². The van der Waals surface area contributed by atoms with Crippen LogP contribution in [0, 0.1) is 12.7 Å². The lowest BCUT2D eigenvalue weighted by atomic mass is 9.97. The predicted octanol–water partition coefficient (Wildman–Crippen LogP) is 2.83. The van der Waals surface area contributed by atoms with Gasteiger partial charge in [0, 0.05) is 24.2 Å². The topological polar surface area (TPSA) is 47.0 Å². The molecule has 2 rings (SSSR count). The molecule has 5 heteroatoms. The van der Waals surface area contributed by atoms with E-state index in [1.165, 1.54) is 12.4 Å². The SMILES string of the molecule is CCNC(Cc1cc(OC)ncn1)c1cc(F)ccc1C. The molecule has 0 bridgehead atoms. The van der Waals surface area contributed by atoms with Crippen molar-refractivity contribution in [1.29, 1.82) is 0 Å². The van der Waals surface area contributed by atoms with Crippen molar-refractivity contribution in [2.75, 3.05) is 13.7 Å². The number of halogens is 1. The van der Waals surface area contributed by atoms with Crippen molar-refractivity contribution in [3.8, 4) is 5.88 Å². The molecule has 4 nitrogen and oxygen atoms in total. The zero-order valence-corrected chi connectivity index (χ0v) is 12.6. The van der Waals surface area contributed by atoms with Gasteiger partial charge in [-0.1, -0.05) is 13.0 Å². The van der Waals surface area contributed by atoms with Crippen LogP contribution < -0.4 is 10.1 Å². The summed E-state index contributed by atoms with van der Waals surface area (Å²) in [6.07, 6.45) is 2.13. The number of aryl methyl sites for hydroxylation is 1. The average molecular weight is 289 g/mol. The third-order valence-electron chi connectivity index (χ3n) is 3.39. The zero-order chi connectivity index (χ0) is 15.2. The van der Waals surface area contributed by atoms with Gasteiger partial charge in [-0.15, -0.1) is 0 Å². The fourth-order valence-electron chi connectivity index (χ4n) is 2.33. The van der Waals surface area contributed by atoms with Crippen molar-refractivity contribution >= 4 is 0 Å². The number of aromatic nitrogens is 2. The number of likely N-dealkylation sites (N-methyl/N-ethyl adjacent to an activating group) is 1. The highest BCUT2D eigenvalue weighted by Crippen LogP contribution is 2.23. The smallest absolute Gasteiger partial charge is 0.216 e. The van der Waals surface area contributed by atoms with Crippen molar-refractivity contribution in [3.05, 3.63) is 53.2 Å². The molecule has 0 saturated carbocycles. The molecule has 1 unspecified atom stereocenters. The third-order valence-corrected chi connectivity index (χ3v) is 3.39. The molecule has 112 valence electrons. The van der Waals surface area contributed by atoms with Gasteiger partial charge in [0.1, 0.15) is 12.1 Å². The van der Waals surface area contributed by atoms with Crippen LogP contribution in [0.15, 0.2) is 30.6 Å². The molecular weight excluding hydrogens is 269 g/mol. The van der Waals surface area contributed by atoms with E-state index < -0.39 is 0 Å². The minimum Gasteiger partial charge on any atom is -0.481 e. The second-order valence-electron chi connectivity index (χ2n) is 4.87. The van der Waals surface area contributed by atoms with Gasteiger partial charge in [-0.25, -0.2) is 14.4 Å². The lowest BCUT2D eigenvalue weighted by Gasteiger charge is -2.20. The number of methoxy groups -OCH3 is 1. The quantitative estimate of drug-likeness (QED) is 0.888. The van der Waals surface area contributed by atoms with E-state index in [4.69, 9.17) is 4.74 Å². The van der Waals surface area contributed by atoms with Crippen LogP contribution in [0.1, 0.15) is 29.8 Å². The lowest BCUT2D eigenvalue weighted by molar-refractivity contribution is 0.395. The highest BCUT2D eigenvalue weighted by atomic mass is 19.1. The standard InChI is InChI=1S/C16H20FN3O/c1-4-18-15(14-7-12(17)6-5-11(14)2)8-13-9-16(21-3)20-10-19-13/h5-7,9-10,15,18H,4,8H2,1-3H3. The van der Waals surface area contributed by atoms with Gasteiger partial charge in [0.15, 0.2) is 0 Å². The highest BCUT2D eigenvalue weighted by molar-refractivity contribution is 5.31. The second-order valence-corrected chi connectivity index (χ2v) is 4.87. The van der Waals surface area contributed by atoms with Crippen molar-refractivity contribution in [3.63, 3.8) is 0 Å². The van der Waals surface area contributed by atoms with E-state index in [-0.39, 0.29) is 11.9 Å². The Hall–Kier alpha value is -2.01. The van der Waals surface area contributed by atoms with Gasteiger partial charge in [0.2, 0.25) is 5.88 Å². The maximum atomic E-state index is 13.5. The summed E-state index contributed by atoms with van der Waals surface area (Å²) in [5.74, 6) is 0.310. The van der Waals surface area contributed by atoms with Crippen LogP contribution in [0.3, 0.4) is 0 Å². The van der Waals surface area contributed by atoms with Crippen molar-refractivity contribution in [2.24, 2.45) is 0 Å². The van der Waals surface area contributed by atoms with Gasteiger partial charge in [-0.2, -0.15) is 0 Å². The molecule has 1 aromatic carbocycles. The first-order valence-corrected chi connectivity index (χ1v) is 6.98. The van der Waals surface area contributed by atoms with E-state index in [0.29, 0.717) is 12.3 Å². The Labute approximate surface area is 124 Å². The summed E-state index contributed by atoms with van der Waals surface area (Å²) in [6, 6.07) is 6.68. The Morgan fingerprint density at radius 3 is 2.81 bits per heavy atom. The molecule has 2 aromatic rings. The van der Waals surface area contributed by atoms with Gasteiger partial charge in [-0.3, -0.25) is 0 Å². The molecule has 1 N–H and O–H groups in total. The molecule has 0 spiro atoms. The van der Waals surface area contributed by atoms with Gasteiger partial charge >= 0.3 is 0 Å². The van der Waals surface area contributed by atoms with Crippen molar-refractivity contribution in [2.45, 2.75) is 26.3 Å². The zero-order valence-electron chi connectivity index (χ0n) is 12.6. The van der Waals surface area contributed by atoms with E-state index in [9.17, 15) is 4.39 Å². The van der Waals surface area contributed by atoms with Crippen LogP contribution >= 0.6 is 0 Å². The first-order chi connectivity index (χ1) is 10.1. The molecule has 21 heavy (non-hydrogen) atoms. The van der Waals surface area contributed by atoms with Crippen LogP contribution in [0.25, 0.3) is 0 Å². The second kappa shape index (κ2) is 7.13. The Balaban J connectivity index is 2.28. The molecule has 0 amide bonds. The monoisotopic (exact) mass is 289 g/mol. The fraction of sp³-hybridized carbons (Fsp3) is 0.375. The largest absolute Gasteiger partial charge is 0.481 e. The van der Waals surface area contributed by atoms with Crippen LogP contribution in [0.5, 0.6) is 5.88 Å². The molecule has 0 saturated heterocycles. The summed E-state index contributed by atoms with van der Waals surface area (Å²) in [4.78, 5) is 8.26. The molecule has 1 aromatic heterocycles. The van der Waals surface area contributed by atoms with E-state index in [0.717, 1.165) is 23.4 Å². The maximum Gasteiger partial charge on any atom is 0.216 e. The van der Waals surface area contributed by atoms with Crippen molar-refractivity contribution in [1.82, 2.24) is 15.3 Å². The first kappa shape index (κ1) is 15.4. The Bertz CT molecular complexity index is 604. The molecule has 1 heterocycles. The minimum absolute atomic E-state index is 0.00491. The summed E-state index contributed by atoms with van der Waals surface area (Å²) in [5, 5.41) is 3.39. The highest BCUT2D eigenvalue weighted by Gasteiger charge is 2.15. The van der Waals surface area contributed by atoms with Gasteiger partial charge in [-0.05, 0) is 36.7 Å². The summed E-state index contributed by atoms with van der Waals surface area (Å²) < 4.78 is 18.6. The van der Waals surface area contributed by atoms with E-state index in [1.807, 2.05) is 13.8 Å². The Morgan fingerprint density at radius 1 is 1.29 bits per heavy atom. The number of nitrogens with one attached hydrogen (secondary N) is 1. The number of rotatable bonds is 6. The Kier molecular flexibility index (Phi) is 5.22. The van der Waals surface area contributed by atoms with Crippen LogP contribution in [-0.4, -0.2) is 23.6 Å². The molecule has 0 aliphatic heterocycles. The molecule has 1 atom stereocenters. The Morgan fingerprint density at radius 2 is 2.10 bits per heavy atom. The molecular formula is C16H20FN3O. The normalized spacial score (nSPS) is 12.2. The van der Waals surface area contributed by atoms with Crippen LogP contribution in [0.2, 0.25) is 0 Å². The molecule has 0 aliphatic rings. The number of hydrogen-bond donors (Lipinski definition) is 1. The lowest BCUT2D eigenvalue weighted by Crippen LogP contribution is -2.24. The summed E-state index contributed by atoms with van der Waals surface area (Å²) in [7, 11) is 1.57.